The number of halogens is 1. The van der Waals surface area contributed by atoms with Crippen LogP contribution in [-0.2, 0) is 4.74 Å². The van der Waals surface area contributed by atoms with Crippen LogP contribution in [0.3, 0.4) is 0 Å². The van der Waals surface area contributed by atoms with Crippen LogP contribution < -0.4 is 21.9 Å². The quantitative estimate of drug-likeness (QED) is 0.312. The van der Waals surface area contributed by atoms with E-state index in [0.29, 0.717) is 17.1 Å². The fourth-order valence-electron chi connectivity index (χ4n) is 1.07. The maximum Gasteiger partial charge on any atom is 2.00 e. The van der Waals surface area contributed by atoms with Crippen LogP contribution in [0.1, 0.15) is 10.4 Å². The third-order valence-electron chi connectivity index (χ3n) is 1.71. The fourth-order valence-corrected chi connectivity index (χ4v) is 1.07. The fraction of sp³-hybridized carbons (Fsp3) is 0.222. The molecule has 0 aromatic heterocycles. The zero-order chi connectivity index (χ0) is 9.26. The number of hydrogen-bond donors (Lipinski definition) is 0. The third-order valence-corrected chi connectivity index (χ3v) is 1.71. The number of methoxy groups -OCH3 is 1. The monoisotopic (exact) mass is 238 g/mol. The van der Waals surface area contributed by atoms with E-state index in [1.165, 1.54) is 13.2 Å². The maximum absolute atomic E-state index is 11.1. The van der Waals surface area contributed by atoms with Gasteiger partial charge in [0.2, 0.25) is 6.79 Å². The van der Waals surface area contributed by atoms with Gasteiger partial charge in [-0.1, -0.05) is 0 Å². The minimum absolute atomic E-state index is 0. The molecular formula is C9H7ClMgO4. The standard InChI is InChI=1S/C9H7O4.ClH.Mg/c1-11-9(10)6-2-3-7-8(4-6)13-5-12-7;;/h2,4H,5H2,1H3;1H;/q-1;;+2/p-1. The molecule has 0 N–H and O–H groups in total. The molecule has 0 amide bonds. The van der Waals surface area contributed by atoms with E-state index in [9.17, 15) is 4.79 Å². The van der Waals surface area contributed by atoms with E-state index in [1.807, 2.05) is 0 Å². The van der Waals surface area contributed by atoms with Gasteiger partial charge in [-0.3, -0.25) is 4.79 Å². The Morgan fingerprint density at radius 2 is 2.27 bits per heavy atom. The smallest absolute Gasteiger partial charge is 1.00 e. The molecule has 0 fully saturated rings. The first-order chi connectivity index (χ1) is 6.31. The van der Waals surface area contributed by atoms with Crippen molar-refractivity contribution in [3.05, 3.63) is 23.8 Å². The van der Waals surface area contributed by atoms with Gasteiger partial charge in [0.15, 0.2) is 0 Å². The van der Waals surface area contributed by atoms with E-state index < -0.39 is 5.97 Å². The van der Waals surface area contributed by atoms with Crippen molar-refractivity contribution >= 4 is 29.0 Å². The van der Waals surface area contributed by atoms with Gasteiger partial charge in [0.05, 0.1) is 18.6 Å². The Morgan fingerprint density at radius 3 is 2.93 bits per heavy atom. The molecule has 1 aliphatic rings. The number of carbonyl (C=O) groups is 1. The Hall–Kier alpha value is -0.654. The van der Waals surface area contributed by atoms with Crippen molar-refractivity contribution in [2.45, 2.75) is 0 Å². The van der Waals surface area contributed by atoms with Gasteiger partial charge in [0.1, 0.15) is 0 Å². The van der Waals surface area contributed by atoms with Gasteiger partial charge in [0.25, 0.3) is 5.97 Å². The number of ether oxygens (including phenoxy) is 3. The molecule has 0 spiro atoms. The Kier molecular flexibility index (Phi) is 5.78. The third kappa shape index (κ3) is 2.90. The maximum atomic E-state index is 11.1. The summed E-state index contributed by atoms with van der Waals surface area (Å²) in [5.74, 6) is 0.658. The summed E-state index contributed by atoms with van der Waals surface area (Å²) in [6.07, 6.45) is 0. The van der Waals surface area contributed by atoms with Gasteiger partial charge in [0, 0.05) is 0 Å². The number of fused-ring (bicyclic) bond motifs is 1. The SMILES string of the molecule is COC(=O)c1c[c-]c2c(c1)OCO2.[Cl-].[Mg+2]. The molecule has 6 heteroatoms. The first-order valence-electron chi connectivity index (χ1n) is 3.71. The van der Waals surface area contributed by atoms with Crippen molar-refractivity contribution in [1.82, 2.24) is 0 Å². The van der Waals surface area contributed by atoms with Crippen LogP contribution in [0.5, 0.6) is 11.5 Å². The van der Waals surface area contributed by atoms with Crippen LogP contribution in [-0.4, -0.2) is 42.9 Å². The summed E-state index contributed by atoms with van der Waals surface area (Å²) < 4.78 is 14.7. The molecule has 1 aromatic carbocycles. The first kappa shape index (κ1) is 14.3. The first-order valence-corrected chi connectivity index (χ1v) is 3.71. The molecule has 0 saturated heterocycles. The van der Waals surface area contributed by atoms with Crippen LogP contribution in [0, 0.1) is 6.07 Å². The Morgan fingerprint density at radius 1 is 1.53 bits per heavy atom. The molecule has 1 aliphatic heterocycles. The predicted molar refractivity (Wildman–Crippen MR) is 48.5 cm³/mol. The van der Waals surface area contributed by atoms with Gasteiger partial charge < -0.3 is 26.6 Å². The van der Waals surface area contributed by atoms with Crippen molar-refractivity contribution in [2.24, 2.45) is 0 Å². The van der Waals surface area contributed by atoms with Gasteiger partial charge in [-0.15, -0.1) is 12.1 Å². The van der Waals surface area contributed by atoms with Crippen molar-refractivity contribution in [2.75, 3.05) is 13.9 Å². The number of rotatable bonds is 1. The van der Waals surface area contributed by atoms with Gasteiger partial charge >= 0.3 is 23.1 Å². The van der Waals surface area contributed by atoms with E-state index >= 15 is 0 Å². The summed E-state index contributed by atoms with van der Waals surface area (Å²) in [7, 11) is 1.33. The van der Waals surface area contributed by atoms with Gasteiger partial charge in [-0.25, -0.2) is 0 Å². The zero-order valence-electron chi connectivity index (χ0n) is 8.08. The summed E-state index contributed by atoms with van der Waals surface area (Å²) in [5.41, 5.74) is 0.409. The second kappa shape index (κ2) is 6.04. The molecule has 0 aliphatic carbocycles. The minimum Gasteiger partial charge on any atom is -1.00 e. The van der Waals surface area contributed by atoms with Crippen LogP contribution in [0.2, 0.25) is 0 Å². The molecule has 4 nitrogen and oxygen atoms in total. The topological polar surface area (TPSA) is 44.8 Å². The van der Waals surface area contributed by atoms with Gasteiger partial charge in [-0.05, 0) is 5.56 Å². The molecule has 0 radical (unpaired) electrons. The Balaban J connectivity index is 0.000000980. The Bertz CT molecular complexity index is 356. The number of carbonyl (C=O) groups excluding carboxylic acids is 1. The van der Waals surface area contributed by atoms with E-state index in [2.05, 4.69) is 10.8 Å². The largest absolute Gasteiger partial charge is 2.00 e. The van der Waals surface area contributed by atoms with Crippen molar-refractivity contribution < 1.29 is 31.4 Å². The van der Waals surface area contributed by atoms with E-state index in [-0.39, 0.29) is 42.3 Å². The molecule has 0 unspecified atom stereocenters. The van der Waals surface area contributed by atoms with Crippen LogP contribution in [0.25, 0.3) is 0 Å². The number of esters is 1. The molecule has 1 aromatic rings. The van der Waals surface area contributed by atoms with Crippen LogP contribution in [0.15, 0.2) is 12.1 Å². The second-order valence-corrected chi connectivity index (χ2v) is 2.48. The van der Waals surface area contributed by atoms with E-state index in [1.54, 1.807) is 6.07 Å². The molecule has 0 bridgehead atoms. The predicted octanol–water partition coefficient (Wildman–Crippen LogP) is -2.37. The van der Waals surface area contributed by atoms with Crippen molar-refractivity contribution in [3.63, 3.8) is 0 Å². The molecule has 0 atom stereocenters. The number of hydrogen-bond acceptors (Lipinski definition) is 4. The molecule has 0 saturated carbocycles. The van der Waals surface area contributed by atoms with Crippen LogP contribution >= 0.6 is 0 Å². The average Bonchev–Trinajstić information content (AvgIpc) is 2.63. The second-order valence-electron chi connectivity index (χ2n) is 2.48. The minimum atomic E-state index is -0.408. The zero-order valence-corrected chi connectivity index (χ0v) is 10.3. The summed E-state index contributed by atoms with van der Waals surface area (Å²) in [5, 5.41) is 0. The summed E-state index contributed by atoms with van der Waals surface area (Å²) in [6, 6.07) is 5.87. The molecule has 2 rings (SSSR count). The summed E-state index contributed by atoms with van der Waals surface area (Å²) in [4.78, 5) is 11.1. The average molecular weight is 239 g/mol. The normalized spacial score (nSPS) is 11.0. The molecule has 1 heterocycles. The molecule has 76 valence electrons. The molecule has 15 heavy (non-hydrogen) atoms. The van der Waals surface area contributed by atoms with Crippen LogP contribution in [0.4, 0.5) is 0 Å². The number of benzene rings is 1. The molecular weight excluding hydrogens is 232 g/mol. The summed E-state index contributed by atoms with van der Waals surface area (Å²) >= 11 is 0. The van der Waals surface area contributed by atoms with E-state index in [0.717, 1.165) is 0 Å². The van der Waals surface area contributed by atoms with Gasteiger partial charge in [-0.2, -0.15) is 6.07 Å². The van der Waals surface area contributed by atoms with Crippen molar-refractivity contribution in [3.8, 4) is 11.5 Å². The summed E-state index contributed by atoms with van der Waals surface area (Å²) in [6.45, 7) is 0.177. The Labute approximate surface area is 109 Å². The van der Waals surface area contributed by atoms with E-state index in [4.69, 9.17) is 9.47 Å². The van der Waals surface area contributed by atoms with Crippen molar-refractivity contribution in [1.29, 1.82) is 0 Å².